The van der Waals surface area contributed by atoms with E-state index in [4.69, 9.17) is 9.47 Å². The minimum atomic E-state index is -0.523. The topological polar surface area (TPSA) is 38.8 Å². The largest absolute Gasteiger partial charge is 0.372 e. The summed E-state index contributed by atoms with van der Waals surface area (Å²) < 4.78 is 12.6. The molecule has 3 nitrogen and oxygen atoms in total. The maximum absolute atomic E-state index is 12.5. The van der Waals surface area contributed by atoms with Gasteiger partial charge in [-0.1, -0.05) is 52.3 Å². The molecular formula is C16H15BrO3. The molecule has 2 bridgehead atoms. The molecule has 20 heavy (non-hydrogen) atoms. The molecule has 2 unspecified atom stereocenters. The Bertz CT molecular complexity index is 577. The fourth-order valence-corrected chi connectivity index (χ4v) is 4.21. The molecule has 1 saturated heterocycles. The minimum Gasteiger partial charge on any atom is -0.372 e. The van der Waals surface area contributed by atoms with Crippen molar-refractivity contribution in [1.29, 1.82) is 0 Å². The highest BCUT2D eigenvalue weighted by atomic mass is 79.9. The first kappa shape index (κ1) is 12.7. The van der Waals surface area contributed by atoms with Crippen molar-refractivity contribution >= 4 is 21.7 Å². The summed E-state index contributed by atoms with van der Waals surface area (Å²) in [6.45, 7) is 1.13. The van der Waals surface area contributed by atoms with Crippen molar-refractivity contribution in [1.82, 2.24) is 0 Å². The van der Waals surface area contributed by atoms with Crippen LogP contribution in [-0.2, 0) is 20.9 Å². The van der Waals surface area contributed by atoms with Crippen LogP contribution in [0.3, 0.4) is 0 Å². The summed E-state index contributed by atoms with van der Waals surface area (Å²) in [7, 11) is 0. The third-order valence-electron chi connectivity index (χ3n) is 4.59. The van der Waals surface area contributed by atoms with Gasteiger partial charge in [0.05, 0.1) is 25.2 Å². The quantitative estimate of drug-likeness (QED) is 0.798. The molecule has 2 fully saturated rings. The molecule has 0 N–H and O–H groups in total. The Morgan fingerprint density at radius 3 is 2.80 bits per heavy atom. The van der Waals surface area contributed by atoms with E-state index in [9.17, 15) is 4.79 Å². The van der Waals surface area contributed by atoms with Gasteiger partial charge in [-0.3, -0.25) is 4.79 Å². The average molecular weight is 335 g/mol. The first-order chi connectivity index (χ1) is 9.71. The molecule has 3 aliphatic carbocycles. The molecule has 1 aromatic rings. The van der Waals surface area contributed by atoms with Crippen LogP contribution in [0.2, 0.25) is 0 Å². The van der Waals surface area contributed by atoms with Crippen LogP contribution in [0.25, 0.3) is 0 Å². The van der Waals surface area contributed by atoms with E-state index in [1.807, 2.05) is 36.4 Å². The first-order valence-electron chi connectivity index (χ1n) is 6.92. The molecule has 4 aliphatic rings. The van der Waals surface area contributed by atoms with Gasteiger partial charge >= 0.3 is 0 Å². The van der Waals surface area contributed by atoms with E-state index >= 15 is 0 Å². The molecule has 4 atom stereocenters. The maximum atomic E-state index is 12.5. The third-order valence-corrected chi connectivity index (χ3v) is 5.40. The molecule has 1 aromatic carbocycles. The van der Waals surface area contributed by atoms with Gasteiger partial charge in [0.15, 0.2) is 11.4 Å². The molecule has 0 amide bonds. The Kier molecular flexibility index (Phi) is 2.88. The summed E-state index contributed by atoms with van der Waals surface area (Å²) in [4.78, 5) is 12.5. The number of hydrogen-bond acceptors (Lipinski definition) is 3. The lowest BCUT2D eigenvalue weighted by molar-refractivity contribution is -0.141. The number of benzene rings is 1. The number of rotatable bonds is 3. The van der Waals surface area contributed by atoms with Crippen LogP contribution >= 0.6 is 15.9 Å². The zero-order valence-corrected chi connectivity index (χ0v) is 12.5. The number of ketones is 1. The van der Waals surface area contributed by atoms with Crippen molar-refractivity contribution in [2.45, 2.75) is 24.7 Å². The minimum absolute atomic E-state index is 0.0242. The number of fused-ring (bicyclic) bond motifs is 1. The standard InChI is InChI=1S/C16H15BrO3/c17-13-6-11-14(19-8-10-4-2-1-3-5-10)7-12(13)16(9-20-16)15(11)18/h1-6,11-12,14H,7-9H2/t11?,12?,14-,16+/m1/s1. The van der Waals surface area contributed by atoms with Crippen LogP contribution in [-0.4, -0.2) is 24.1 Å². The van der Waals surface area contributed by atoms with Gasteiger partial charge in [-0.25, -0.2) is 0 Å². The average Bonchev–Trinajstić information content (AvgIpc) is 3.25. The number of epoxide rings is 1. The normalized spacial score (nSPS) is 38.1. The summed E-state index contributed by atoms with van der Waals surface area (Å²) in [5, 5.41) is 0. The Hall–Kier alpha value is -0.970. The van der Waals surface area contributed by atoms with Crippen LogP contribution in [0.4, 0.5) is 0 Å². The van der Waals surface area contributed by atoms with Crippen molar-refractivity contribution in [3.05, 3.63) is 46.5 Å². The number of hydrogen-bond donors (Lipinski definition) is 0. The van der Waals surface area contributed by atoms with Crippen LogP contribution in [0.5, 0.6) is 0 Å². The molecular weight excluding hydrogens is 320 g/mol. The number of halogens is 1. The highest BCUT2D eigenvalue weighted by molar-refractivity contribution is 9.11. The number of carbonyl (C=O) groups excluding carboxylic acids is 1. The van der Waals surface area contributed by atoms with Crippen molar-refractivity contribution in [3.63, 3.8) is 0 Å². The SMILES string of the molecule is O=C1C2C=C(Br)C(C[C@H]2OCc2ccccc2)[C@@]12CO2. The molecule has 4 heteroatoms. The van der Waals surface area contributed by atoms with Crippen LogP contribution in [0.1, 0.15) is 12.0 Å². The fraction of sp³-hybridized carbons (Fsp3) is 0.438. The molecule has 5 rings (SSSR count). The van der Waals surface area contributed by atoms with Crippen molar-refractivity contribution in [2.75, 3.05) is 6.61 Å². The highest BCUT2D eigenvalue weighted by Gasteiger charge is 2.66. The number of ether oxygens (including phenoxy) is 2. The van der Waals surface area contributed by atoms with Crippen LogP contribution < -0.4 is 0 Å². The van der Waals surface area contributed by atoms with Crippen molar-refractivity contribution < 1.29 is 14.3 Å². The first-order valence-corrected chi connectivity index (χ1v) is 7.71. The fourth-order valence-electron chi connectivity index (χ4n) is 3.37. The molecule has 1 spiro atoms. The lowest BCUT2D eigenvalue weighted by Crippen LogP contribution is -2.53. The smallest absolute Gasteiger partial charge is 0.177 e. The predicted octanol–water partition coefficient (Wildman–Crippen LogP) is 2.84. The lowest BCUT2D eigenvalue weighted by atomic mass is 9.66. The van der Waals surface area contributed by atoms with Gasteiger partial charge < -0.3 is 9.47 Å². The molecule has 1 aliphatic heterocycles. The van der Waals surface area contributed by atoms with Crippen LogP contribution in [0.15, 0.2) is 40.9 Å². The zero-order valence-electron chi connectivity index (χ0n) is 10.9. The second kappa shape index (κ2) is 4.52. The maximum Gasteiger partial charge on any atom is 0.177 e. The van der Waals surface area contributed by atoms with Crippen molar-refractivity contribution in [3.8, 4) is 0 Å². The Morgan fingerprint density at radius 1 is 1.35 bits per heavy atom. The van der Waals surface area contributed by atoms with Gasteiger partial charge in [0.25, 0.3) is 0 Å². The van der Waals surface area contributed by atoms with Gasteiger partial charge in [-0.05, 0) is 16.5 Å². The van der Waals surface area contributed by atoms with Gasteiger partial charge in [0.1, 0.15) is 0 Å². The zero-order chi connectivity index (χ0) is 13.7. The second-order valence-electron chi connectivity index (χ2n) is 5.74. The van der Waals surface area contributed by atoms with E-state index in [2.05, 4.69) is 15.9 Å². The Labute approximate surface area is 126 Å². The van der Waals surface area contributed by atoms with E-state index in [-0.39, 0.29) is 23.7 Å². The summed E-state index contributed by atoms with van der Waals surface area (Å²) >= 11 is 3.59. The molecule has 0 aromatic heterocycles. The predicted molar refractivity (Wildman–Crippen MR) is 77.3 cm³/mol. The Morgan fingerprint density at radius 2 is 2.10 bits per heavy atom. The Balaban J connectivity index is 1.51. The highest BCUT2D eigenvalue weighted by Crippen LogP contribution is 2.55. The second-order valence-corrected chi connectivity index (χ2v) is 6.66. The molecule has 0 radical (unpaired) electrons. The summed E-state index contributed by atoms with van der Waals surface area (Å²) in [5.74, 6) is 0.177. The number of Topliss-reactive ketones (excluding diaryl/α,β-unsaturated/α-hetero) is 1. The van der Waals surface area contributed by atoms with Gasteiger partial charge in [-0.2, -0.15) is 0 Å². The third kappa shape index (κ3) is 1.82. The van der Waals surface area contributed by atoms with E-state index in [0.29, 0.717) is 13.2 Å². The van der Waals surface area contributed by atoms with Crippen molar-refractivity contribution in [2.24, 2.45) is 11.8 Å². The summed E-state index contributed by atoms with van der Waals surface area (Å²) in [6, 6.07) is 10.1. The lowest BCUT2D eigenvalue weighted by Gasteiger charge is -2.42. The van der Waals surface area contributed by atoms with Crippen LogP contribution in [0, 0.1) is 11.8 Å². The van der Waals surface area contributed by atoms with Gasteiger partial charge in [0, 0.05) is 5.92 Å². The summed E-state index contributed by atoms with van der Waals surface area (Å²) in [6.07, 6.45) is 2.85. The van der Waals surface area contributed by atoms with E-state index in [1.54, 1.807) is 0 Å². The molecule has 104 valence electrons. The summed E-state index contributed by atoms with van der Waals surface area (Å²) in [5.41, 5.74) is 0.618. The molecule has 1 saturated carbocycles. The van der Waals surface area contributed by atoms with E-state index < -0.39 is 5.60 Å². The monoisotopic (exact) mass is 334 g/mol. The van der Waals surface area contributed by atoms with Gasteiger partial charge in [0.2, 0.25) is 0 Å². The van der Waals surface area contributed by atoms with E-state index in [0.717, 1.165) is 16.5 Å². The molecule has 1 heterocycles. The van der Waals surface area contributed by atoms with Gasteiger partial charge in [-0.15, -0.1) is 0 Å². The van der Waals surface area contributed by atoms with E-state index in [1.165, 1.54) is 0 Å². The number of carbonyl (C=O) groups is 1.